The Bertz CT molecular complexity index is 234. The molecule has 0 aliphatic carbocycles. The standard InChI is InChI=1S/C23H50NO/c1-4-6-8-10-12-14-16-18-20-24(3,22-23-25)21-19-17-15-13-11-9-7-5-2/h25H,4-23H2,1-3H3/q+1. The van der Waals surface area contributed by atoms with Crippen molar-refractivity contribution in [1.29, 1.82) is 0 Å². The van der Waals surface area contributed by atoms with Crippen molar-refractivity contribution in [1.82, 2.24) is 0 Å². The fraction of sp³-hybridized carbons (Fsp3) is 1.00. The van der Waals surface area contributed by atoms with Crippen molar-refractivity contribution in [2.75, 3.05) is 33.3 Å². The Morgan fingerprint density at radius 2 is 0.800 bits per heavy atom. The van der Waals surface area contributed by atoms with Gasteiger partial charge in [0, 0.05) is 0 Å². The summed E-state index contributed by atoms with van der Waals surface area (Å²) < 4.78 is 1.09. The number of hydrogen-bond acceptors (Lipinski definition) is 1. The first-order valence-corrected chi connectivity index (χ1v) is 11.6. The molecule has 0 saturated carbocycles. The summed E-state index contributed by atoms with van der Waals surface area (Å²) in [7, 11) is 2.36. The van der Waals surface area contributed by atoms with Gasteiger partial charge in [0.25, 0.3) is 0 Å². The second-order valence-corrected chi connectivity index (χ2v) is 8.46. The zero-order valence-corrected chi connectivity index (χ0v) is 18.0. The highest BCUT2D eigenvalue weighted by Gasteiger charge is 2.19. The number of hydrogen-bond donors (Lipinski definition) is 1. The van der Waals surface area contributed by atoms with Gasteiger partial charge in [0.2, 0.25) is 0 Å². The molecule has 0 atom stereocenters. The van der Waals surface area contributed by atoms with Crippen LogP contribution in [0.4, 0.5) is 0 Å². The molecule has 0 aliphatic heterocycles. The third kappa shape index (κ3) is 17.1. The minimum absolute atomic E-state index is 0.338. The molecular formula is C23H50NO+. The van der Waals surface area contributed by atoms with Crippen molar-refractivity contribution >= 4 is 0 Å². The smallest absolute Gasteiger partial charge is 0.102 e. The molecule has 1 N–H and O–H groups in total. The third-order valence-corrected chi connectivity index (χ3v) is 5.74. The van der Waals surface area contributed by atoms with E-state index in [0.717, 1.165) is 11.0 Å². The summed E-state index contributed by atoms with van der Waals surface area (Å²) in [6, 6.07) is 0. The quantitative estimate of drug-likeness (QED) is 0.190. The van der Waals surface area contributed by atoms with Crippen molar-refractivity contribution in [2.45, 2.75) is 117 Å². The summed E-state index contributed by atoms with van der Waals surface area (Å²) in [5.41, 5.74) is 0. The molecule has 2 heteroatoms. The van der Waals surface area contributed by atoms with E-state index in [1.54, 1.807) is 0 Å². The summed E-state index contributed by atoms with van der Waals surface area (Å²) in [4.78, 5) is 0. The van der Waals surface area contributed by atoms with Gasteiger partial charge in [-0.2, -0.15) is 0 Å². The first-order chi connectivity index (χ1) is 12.2. The molecule has 0 aliphatic rings. The van der Waals surface area contributed by atoms with Gasteiger partial charge in [-0.15, -0.1) is 0 Å². The maximum atomic E-state index is 9.43. The van der Waals surface area contributed by atoms with Crippen LogP contribution in [0.3, 0.4) is 0 Å². The van der Waals surface area contributed by atoms with Crippen LogP contribution in [-0.2, 0) is 0 Å². The summed E-state index contributed by atoms with van der Waals surface area (Å²) in [5.74, 6) is 0. The number of quaternary nitrogens is 1. The van der Waals surface area contributed by atoms with E-state index in [9.17, 15) is 5.11 Å². The van der Waals surface area contributed by atoms with E-state index in [2.05, 4.69) is 20.9 Å². The van der Waals surface area contributed by atoms with Crippen LogP contribution in [0.2, 0.25) is 0 Å². The third-order valence-electron chi connectivity index (χ3n) is 5.74. The number of nitrogens with zero attached hydrogens (tertiary/aromatic N) is 1. The normalized spacial score (nSPS) is 12.0. The molecule has 0 amide bonds. The van der Waals surface area contributed by atoms with Gasteiger partial charge in [-0.25, -0.2) is 0 Å². The van der Waals surface area contributed by atoms with Crippen LogP contribution in [0.25, 0.3) is 0 Å². The van der Waals surface area contributed by atoms with Crippen molar-refractivity contribution in [3.8, 4) is 0 Å². The molecule has 0 aromatic heterocycles. The number of aliphatic hydroxyl groups is 1. The van der Waals surface area contributed by atoms with Crippen LogP contribution in [-0.4, -0.2) is 42.9 Å². The average molecular weight is 357 g/mol. The molecule has 2 nitrogen and oxygen atoms in total. The largest absolute Gasteiger partial charge is 0.391 e. The van der Waals surface area contributed by atoms with Crippen LogP contribution in [0, 0.1) is 0 Å². The maximum Gasteiger partial charge on any atom is 0.102 e. The molecule has 0 saturated heterocycles. The lowest BCUT2D eigenvalue weighted by Crippen LogP contribution is -2.47. The van der Waals surface area contributed by atoms with Crippen LogP contribution in [0.15, 0.2) is 0 Å². The minimum Gasteiger partial charge on any atom is -0.391 e. The average Bonchev–Trinajstić information content (AvgIpc) is 2.60. The fourth-order valence-electron chi connectivity index (χ4n) is 3.83. The molecule has 0 rings (SSSR count). The van der Waals surface area contributed by atoms with Gasteiger partial charge in [0.15, 0.2) is 0 Å². The predicted octanol–water partition coefficient (Wildman–Crippen LogP) is 6.71. The lowest BCUT2D eigenvalue weighted by Gasteiger charge is -2.34. The van der Waals surface area contributed by atoms with E-state index < -0.39 is 0 Å². The lowest BCUT2D eigenvalue weighted by molar-refractivity contribution is -0.910. The molecule has 0 unspecified atom stereocenters. The van der Waals surface area contributed by atoms with E-state index >= 15 is 0 Å². The summed E-state index contributed by atoms with van der Waals surface area (Å²) in [5, 5.41) is 9.43. The van der Waals surface area contributed by atoms with Gasteiger partial charge < -0.3 is 9.59 Å². The van der Waals surface area contributed by atoms with Crippen molar-refractivity contribution in [2.24, 2.45) is 0 Å². The second kappa shape index (κ2) is 18.7. The van der Waals surface area contributed by atoms with E-state index in [1.165, 1.54) is 116 Å². The Morgan fingerprint density at radius 1 is 0.480 bits per heavy atom. The summed E-state index contributed by atoms with van der Waals surface area (Å²) in [6.45, 7) is 8.36. The topological polar surface area (TPSA) is 20.2 Å². The zero-order valence-electron chi connectivity index (χ0n) is 18.0. The predicted molar refractivity (Wildman–Crippen MR) is 113 cm³/mol. The van der Waals surface area contributed by atoms with E-state index in [0.29, 0.717) is 6.61 Å². The van der Waals surface area contributed by atoms with Gasteiger partial charge in [0.05, 0.1) is 26.7 Å². The van der Waals surface area contributed by atoms with E-state index in [1.807, 2.05) is 0 Å². The van der Waals surface area contributed by atoms with Crippen LogP contribution < -0.4 is 0 Å². The molecule has 152 valence electrons. The molecule has 0 spiro atoms. The first kappa shape index (κ1) is 24.9. The number of likely N-dealkylation sites (N-methyl/N-ethyl adjacent to an activating group) is 1. The van der Waals surface area contributed by atoms with E-state index in [-0.39, 0.29) is 0 Å². The Hall–Kier alpha value is -0.0800. The minimum atomic E-state index is 0.338. The molecule has 0 bridgehead atoms. The fourth-order valence-corrected chi connectivity index (χ4v) is 3.83. The molecule has 0 fully saturated rings. The Balaban J connectivity index is 3.66. The highest BCUT2D eigenvalue weighted by atomic mass is 16.3. The SMILES string of the molecule is CCCCCCCCCC[N+](C)(CCO)CCCCCCCCCC. The van der Waals surface area contributed by atoms with Gasteiger partial charge in [-0.1, -0.05) is 90.9 Å². The van der Waals surface area contributed by atoms with Gasteiger partial charge in [0.1, 0.15) is 6.54 Å². The van der Waals surface area contributed by atoms with Crippen LogP contribution in [0.1, 0.15) is 117 Å². The van der Waals surface area contributed by atoms with Gasteiger partial charge in [-0.05, 0) is 25.7 Å². The Labute approximate surface area is 160 Å². The second-order valence-electron chi connectivity index (χ2n) is 8.46. The van der Waals surface area contributed by atoms with Gasteiger partial charge in [-0.3, -0.25) is 0 Å². The van der Waals surface area contributed by atoms with Crippen LogP contribution >= 0.6 is 0 Å². The molecule has 0 radical (unpaired) electrons. The molecule has 0 heterocycles. The highest BCUT2D eigenvalue weighted by molar-refractivity contribution is 4.50. The van der Waals surface area contributed by atoms with Gasteiger partial charge >= 0.3 is 0 Å². The number of aliphatic hydroxyl groups excluding tert-OH is 1. The van der Waals surface area contributed by atoms with Crippen molar-refractivity contribution < 1.29 is 9.59 Å². The monoisotopic (exact) mass is 356 g/mol. The molecular weight excluding hydrogens is 306 g/mol. The van der Waals surface area contributed by atoms with E-state index in [4.69, 9.17) is 0 Å². The maximum absolute atomic E-state index is 9.43. The molecule has 0 aromatic carbocycles. The highest BCUT2D eigenvalue weighted by Crippen LogP contribution is 2.14. The number of unbranched alkanes of at least 4 members (excludes halogenated alkanes) is 14. The summed E-state index contributed by atoms with van der Waals surface area (Å²) in [6.07, 6.45) is 22.3. The zero-order chi connectivity index (χ0) is 18.6. The number of rotatable bonds is 20. The Morgan fingerprint density at radius 3 is 1.12 bits per heavy atom. The Kier molecular flexibility index (Phi) is 18.6. The van der Waals surface area contributed by atoms with Crippen molar-refractivity contribution in [3.05, 3.63) is 0 Å². The first-order valence-electron chi connectivity index (χ1n) is 11.6. The molecule has 0 aromatic rings. The van der Waals surface area contributed by atoms with Crippen molar-refractivity contribution in [3.63, 3.8) is 0 Å². The molecule has 25 heavy (non-hydrogen) atoms. The lowest BCUT2D eigenvalue weighted by atomic mass is 10.1. The summed E-state index contributed by atoms with van der Waals surface area (Å²) >= 11 is 0. The van der Waals surface area contributed by atoms with Crippen LogP contribution in [0.5, 0.6) is 0 Å².